The van der Waals surface area contributed by atoms with Crippen molar-refractivity contribution >= 4 is 22.6 Å². The van der Waals surface area contributed by atoms with Gasteiger partial charge in [-0.25, -0.2) is 4.98 Å². The van der Waals surface area contributed by atoms with Crippen molar-refractivity contribution < 1.29 is 4.79 Å². The molecule has 0 unspecified atom stereocenters. The second-order valence-electron chi connectivity index (χ2n) is 9.02. The van der Waals surface area contributed by atoms with Crippen molar-refractivity contribution in [3.63, 3.8) is 0 Å². The smallest absolute Gasteiger partial charge is 0.227 e. The number of rotatable bonds is 4. The van der Waals surface area contributed by atoms with E-state index in [1.54, 1.807) is 0 Å². The van der Waals surface area contributed by atoms with Crippen LogP contribution in [0.3, 0.4) is 0 Å². The fraction of sp³-hybridized carbons (Fsp3) is 0.286. The van der Waals surface area contributed by atoms with Gasteiger partial charge < -0.3 is 9.47 Å². The Morgan fingerprint density at radius 1 is 0.906 bits per heavy atom. The molecule has 0 saturated carbocycles. The number of benzene rings is 3. The third-order valence-electron chi connectivity index (χ3n) is 7.08. The maximum atomic E-state index is 12.9. The molecular formula is C28H29N3O. The first-order valence-electron chi connectivity index (χ1n) is 11.3. The summed E-state index contributed by atoms with van der Waals surface area (Å²) in [4.78, 5) is 19.9. The molecule has 1 amide bonds. The van der Waals surface area contributed by atoms with Crippen LogP contribution in [0.5, 0.6) is 0 Å². The Morgan fingerprint density at radius 2 is 1.56 bits per heavy atom. The SMILES string of the molecule is Cc1cc(C)c(C)c(Cn2c([C@@H]3CC(=O)N(c4ccccc4)C3)nc3ccccc32)c1C. The topological polar surface area (TPSA) is 38.1 Å². The Kier molecular flexibility index (Phi) is 5.09. The minimum absolute atomic E-state index is 0.0709. The molecule has 162 valence electrons. The monoisotopic (exact) mass is 423 g/mol. The summed E-state index contributed by atoms with van der Waals surface area (Å²) < 4.78 is 2.34. The maximum absolute atomic E-state index is 12.9. The average Bonchev–Trinajstić information content (AvgIpc) is 3.36. The van der Waals surface area contributed by atoms with E-state index in [4.69, 9.17) is 4.98 Å². The van der Waals surface area contributed by atoms with Gasteiger partial charge in [0, 0.05) is 31.1 Å². The molecule has 4 heteroatoms. The summed E-state index contributed by atoms with van der Waals surface area (Å²) in [6, 6.07) is 20.6. The van der Waals surface area contributed by atoms with Crippen molar-refractivity contribution in [2.75, 3.05) is 11.4 Å². The quantitative estimate of drug-likeness (QED) is 0.414. The number of anilines is 1. The molecule has 0 spiro atoms. The highest BCUT2D eigenvalue weighted by Gasteiger charge is 2.35. The van der Waals surface area contributed by atoms with Crippen LogP contribution in [0.4, 0.5) is 5.69 Å². The van der Waals surface area contributed by atoms with E-state index in [0.717, 1.165) is 29.1 Å². The summed E-state index contributed by atoms with van der Waals surface area (Å²) in [5.74, 6) is 1.25. The summed E-state index contributed by atoms with van der Waals surface area (Å²) in [5.41, 5.74) is 9.76. The number of hydrogen-bond acceptors (Lipinski definition) is 2. The van der Waals surface area contributed by atoms with E-state index in [1.807, 2.05) is 41.3 Å². The molecule has 32 heavy (non-hydrogen) atoms. The van der Waals surface area contributed by atoms with Gasteiger partial charge in [-0.2, -0.15) is 0 Å². The normalized spacial score (nSPS) is 16.3. The second-order valence-corrected chi connectivity index (χ2v) is 9.02. The maximum Gasteiger partial charge on any atom is 0.227 e. The van der Waals surface area contributed by atoms with E-state index >= 15 is 0 Å². The number of imidazole rings is 1. The van der Waals surface area contributed by atoms with Crippen molar-refractivity contribution in [1.82, 2.24) is 9.55 Å². The van der Waals surface area contributed by atoms with Gasteiger partial charge in [-0.3, -0.25) is 4.79 Å². The van der Waals surface area contributed by atoms with Crippen LogP contribution in [0.25, 0.3) is 11.0 Å². The molecule has 4 nitrogen and oxygen atoms in total. The molecule has 1 aromatic heterocycles. The van der Waals surface area contributed by atoms with E-state index in [2.05, 4.69) is 56.5 Å². The zero-order chi connectivity index (χ0) is 22.4. The highest BCUT2D eigenvalue weighted by Crippen LogP contribution is 2.34. The number of aryl methyl sites for hydroxylation is 2. The third-order valence-corrected chi connectivity index (χ3v) is 7.08. The number of fused-ring (bicyclic) bond motifs is 1. The van der Waals surface area contributed by atoms with Gasteiger partial charge in [-0.15, -0.1) is 0 Å². The van der Waals surface area contributed by atoms with Crippen molar-refractivity contribution in [2.24, 2.45) is 0 Å². The van der Waals surface area contributed by atoms with E-state index in [1.165, 1.54) is 27.8 Å². The van der Waals surface area contributed by atoms with Gasteiger partial charge >= 0.3 is 0 Å². The fourth-order valence-electron chi connectivity index (χ4n) is 5.00. The number of hydrogen-bond donors (Lipinski definition) is 0. The lowest BCUT2D eigenvalue weighted by Crippen LogP contribution is -2.24. The number of carbonyl (C=O) groups excluding carboxylic acids is 1. The van der Waals surface area contributed by atoms with Crippen LogP contribution in [0, 0.1) is 27.7 Å². The van der Waals surface area contributed by atoms with Gasteiger partial charge in [0.25, 0.3) is 0 Å². The first kappa shape index (κ1) is 20.5. The minimum atomic E-state index is 0.0709. The van der Waals surface area contributed by atoms with Gasteiger partial charge in [0.05, 0.1) is 11.0 Å². The average molecular weight is 424 g/mol. The van der Waals surface area contributed by atoms with Crippen molar-refractivity contribution in [1.29, 1.82) is 0 Å². The highest BCUT2D eigenvalue weighted by atomic mass is 16.2. The molecular weight excluding hydrogens is 394 g/mol. The van der Waals surface area contributed by atoms with E-state index in [-0.39, 0.29) is 11.8 Å². The predicted molar refractivity (Wildman–Crippen MR) is 130 cm³/mol. The summed E-state index contributed by atoms with van der Waals surface area (Å²) in [6.45, 7) is 10.2. The van der Waals surface area contributed by atoms with Gasteiger partial charge in [-0.05, 0) is 79.8 Å². The zero-order valence-electron chi connectivity index (χ0n) is 19.2. The Bertz CT molecular complexity index is 1290. The molecule has 1 aliphatic heterocycles. The molecule has 3 aromatic carbocycles. The lowest BCUT2D eigenvalue weighted by atomic mass is 9.94. The molecule has 0 aliphatic carbocycles. The lowest BCUT2D eigenvalue weighted by molar-refractivity contribution is -0.117. The Hall–Kier alpha value is -3.40. The standard InChI is InChI=1S/C28H29N3O/c1-18-14-19(2)21(4)24(20(18)3)17-31-26-13-9-8-12-25(26)29-28(31)22-15-27(32)30(16-22)23-10-6-5-7-11-23/h5-14,22H,15-17H2,1-4H3/t22-/m1/s1. The third kappa shape index (κ3) is 3.40. The van der Waals surface area contributed by atoms with Crippen LogP contribution >= 0.6 is 0 Å². The number of aromatic nitrogens is 2. The molecule has 1 aliphatic rings. The van der Waals surface area contributed by atoms with E-state index in [0.29, 0.717) is 13.0 Å². The van der Waals surface area contributed by atoms with Crippen LogP contribution in [0.2, 0.25) is 0 Å². The Balaban J connectivity index is 1.59. The van der Waals surface area contributed by atoms with Crippen LogP contribution < -0.4 is 4.90 Å². The lowest BCUT2D eigenvalue weighted by Gasteiger charge is -2.20. The molecule has 0 N–H and O–H groups in total. The van der Waals surface area contributed by atoms with Crippen molar-refractivity contribution in [3.05, 3.63) is 94.3 Å². The molecule has 5 rings (SSSR count). The Labute approximate surface area is 189 Å². The largest absolute Gasteiger partial charge is 0.323 e. The molecule has 0 bridgehead atoms. The number of carbonyl (C=O) groups is 1. The van der Waals surface area contributed by atoms with Gasteiger partial charge in [0.1, 0.15) is 5.82 Å². The van der Waals surface area contributed by atoms with Gasteiger partial charge in [0.2, 0.25) is 5.91 Å². The summed E-state index contributed by atoms with van der Waals surface area (Å²) in [7, 11) is 0. The molecule has 2 heterocycles. The molecule has 1 atom stereocenters. The summed E-state index contributed by atoms with van der Waals surface area (Å²) in [6.07, 6.45) is 0.489. The first-order chi connectivity index (χ1) is 15.4. The summed E-state index contributed by atoms with van der Waals surface area (Å²) >= 11 is 0. The molecule has 1 fully saturated rings. The van der Waals surface area contributed by atoms with Crippen molar-refractivity contribution in [3.8, 4) is 0 Å². The van der Waals surface area contributed by atoms with Crippen LogP contribution in [-0.2, 0) is 11.3 Å². The van der Waals surface area contributed by atoms with Gasteiger partial charge in [0.15, 0.2) is 0 Å². The van der Waals surface area contributed by atoms with Crippen LogP contribution in [0.15, 0.2) is 60.7 Å². The minimum Gasteiger partial charge on any atom is -0.323 e. The van der Waals surface area contributed by atoms with Crippen LogP contribution in [-0.4, -0.2) is 22.0 Å². The second kappa shape index (κ2) is 7.94. The number of nitrogens with zero attached hydrogens (tertiary/aromatic N) is 3. The molecule has 1 saturated heterocycles. The zero-order valence-corrected chi connectivity index (χ0v) is 19.2. The fourth-order valence-corrected chi connectivity index (χ4v) is 5.00. The van der Waals surface area contributed by atoms with Crippen molar-refractivity contribution in [2.45, 2.75) is 46.6 Å². The number of amides is 1. The Morgan fingerprint density at radius 3 is 2.28 bits per heavy atom. The first-order valence-corrected chi connectivity index (χ1v) is 11.3. The highest BCUT2D eigenvalue weighted by molar-refractivity contribution is 5.96. The molecule has 4 aromatic rings. The summed E-state index contributed by atoms with van der Waals surface area (Å²) in [5, 5.41) is 0. The number of para-hydroxylation sites is 3. The van der Waals surface area contributed by atoms with E-state index < -0.39 is 0 Å². The molecule has 0 radical (unpaired) electrons. The predicted octanol–water partition coefficient (Wildman–Crippen LogP) is 5.84. The van der Waals surface area contributed by atoms with Crippen LogP contribution in [0.1, 0.15) is 46.0 Å². The van der Waals surface area contributed by atoms with Gasteiger partial charge in [-0.1, -0.05) is 36.4 Å². The van der Waals surface area contributed by atoms with E-state index in [9.17, 15) is 4.79 Å².